The van der Waals surface area contributed by atoms with Gasteiger partial charge < -0.3 is 4.74 Å². The lowest BCUT2D eigenvalue weighted by molar-refractivity contribution is 0.136. The van der Waals surface area contributed by atoms with Crippen LogP contribution >= 0.6 is 0 Å². The Morgan fingerprint density at radius 3 is 2.95 bits per heavy atom. The molecule has 1 saturated heterocycles. The number of ether oxygens (including phenoxy) is 1. The molecule has 1 fully saturated rings. The van der Waals surface area contributed by atoms with Gasteiger partial charge in [0.2, 0.25) is 0 Å². The third-order valence-corrected chi connectivity index (χ3v) is 3.99. The zero-order chi connectivity index (χ0) is 13.7. The maximum Gasteiger partial charge on any atom is 0.136 e. The number of piperidine rings is 1. The molecule has 19 heavy (non-hydrogen) atoms. The van der Waals surface area contributed by atoms with Crippen molar-refractivity contribution in [3.05, 3.63) is 29.3 Å². The maximum absolute atomic E-state index is 9.00. The molecule has 3 nitrogen and oxygen atoms in total. The lowest BCUT2D eigenvalue weighted by Crippen LogP contribution is -2.38. The van der Waals surface area contributed by atoms with Crippen LogP contribution in [0.1, 0.15) is 43.7 Å². The van der Waals surface area contributed by atoms with Crippen LogP contribution in [0, 0.1) is 11.3 Å². The number of nitriles is 1. The van der Waals surface area contributed by atoms with Crippen LogP contribution in [0.4, 0.5) is 0 Å². The third kappa shape index (κ3) is 3.27. The molecule has 1 aliphatic rings. The van der Waals surface area contributed by atoms with Gasteiger partial charge >= 0.3 is 0 Å². The Morgan fingerprint density at radius 2 is 2.26 bits per heavy atom. The van der Waals surface area contributed by atoms with Crippen molar-refractivity contribution in [1.82, 2.24) is 4.90 Å². The van der Waals surface area contributed by atoms with Gasteiger partial charge in [-0.3, -0.25) is 4.90 Å². The fraction of sp³-hybridized carbons (Fsp3) is 0.562. The van der Waals surface area contributed by atoms with Crippen molar-refractivity contribution in [3.63, 3.8) is 0 Å². The van der Waals surface area contributed by atoms with Crippen LogP contribution in [0.25, 0.3) is 0 Å². The molecule has 1 aromatic rings. The Bertz CT molecular complexity index is 464. The van der Waals surface area contributed by atoms with Gasteiger partial charge in [0.15, 0.2) is 0 Å². The van der Waals surface area contributed by atoms with Crippen LogP contribution in [-0.2, 0) is 6.54 Å². The molecule has 3 heteroatoms. The van der Waals surface area contributed by atoms with Gasteiger partial charge in [0.1, 0.15) is 11.8 Å². The summed E-state index contributed by atoms with van der Waals surface area (Å²) in [7, 11) is 1.62. The monoisotopic (exact) mass is 258 g/mol. The second-order valence-electron chi connectivity index (χ2n) is 5.17. The number of hydrogen-bond donors (Lipinski definition) is 0. The van der Waals surface area contributed by atoms with Crippen LogP contribution in [0.5, 0.6) is 5.75 Å². The van der Waals surface area contributed by atoms with E-state index in [1.54, 1.807) is 7.11 Å². The molecule has 1 unspecified atom stereocenters. The minimum atomic E-state index is 0.608. The van der Waals surface area contributed by atoms with E-state index in [0.29, 0.717) is 17.4 Å². The lowest BCUT2D eigenvalue weighted by atomic mass is 9.99. The van der Waals surface area contributed by atoms with Crippen LogP contribution < -0.4 is 4.74 Å². The Kier molecular flexibility index (Phi) is 4.81. The number of methoxy groups -OCH3 is 1. The maximum atomic E-state index is 9.00. The predicted octanol–water partition coefficient (Wildman–Crippen LogP) is 3.33. The highest BCUT2D eigenvalue weighted by Crippen LogP contribution is 2.24. The summed E-state index contributed by atoms with van der Waals surface area (Å²) < 4.78 is 5.28. The minimum absolute atomic E-state index is 0.608. The van der Waals surface area contributed by atoms with Gasteiger partial charge in [-0.2, -0.15) is 5.26 Å². The first-order chi connectivity index (χ1) is 9.28. The van der Waals surface area contributed by atoms with Gasteiger partial charge in [-0.15, -0.1) is 0 Å². The quantitative estimate of drug-likeness (QED) is 0.831. The highest BCUT2D eigenvalue weighted by Gasteiger charge is 2.20. The van der Waals surface area contributed by atoms with Crippen LogP contribution in [-0.4, -0.2) is 24.6 Å². The zero-order valence-corrected chi connectivity index (χ0v) is 11.9. The predicted molar refractivity (Wildman–Crippen MR) is 76.0 cm³/mol. The van der Waals surface area contributed by atoms with E-state index in [1.807, 2.05) is 18.2 Å². The lowest BCUT2D eigenvalue weighted by Gasteiger charge is -2.35. The number of nitrogens with zero attached hydrogens (tertiary/aromatic N) is 2. The second-order valence-corrected chi connectivity index (χ2v) is 5.17. The SMILES string of the molecule is CCC1CCCCN1Cc1ccc(C#N)c(OC)c1. The molecule has 0 N–H and O–H groups in total. The van der Waals surface area contributed by atoms with Crippen molar-refractivity contribution in [2.45, 2.75) is 45.2 Å². The molecule has 1 aliphatic heterocycles. The summed E-state index contributed by atoms with van der Waals surface area (Å²) in [6.45, 7) is 4.41. The summed E-state index contributed by atoms with van der Waals surface area (Å²) >= 11 is 0. The third-order valence-electron chi connectivity index (χ3n) is 3.99. The molecular formula is C16H22N2O. The first kappa shape index (κ1) is 13.9. The van der Waals surface area contributed by atoms with E-state index in [-0.39, 0.29) is 0 Å². The Hall–Kier alpha value is -1.53. The van der Waals surface area contributed by atoms with Crippen molar-refractivity contribution < 1.29 is 4.74 Å². The van der Waals surface area contributed by atoms with Gasteiger partial charge in [-0.05, 0) is 43.5 Å². The Morgan fingerprint density at radius 1 is 1.42 bits per heavy atom. The normalized spacial score (nSPS) is 19.9. The van der Waals surface area contributed by atoms with E-state index in [9.17, 15) is 0 Å². The highest BCUT2D eigenvalue weighted by atomic mass is 16.5. The molecule has 1 heterocycles. The molecule has 0 saturated carbocycles. The van der Waals surface area contributed by atoms with Crippen LogP contribution in [0.15, 0.2) is 18.2 Å². The average Bonchev–Trinajstić information content (AvgIpc) is 2.47. The number of rotatable bonds is 4. The van der Waals surface area contributed by atoms with E-state index in [1.165, 1.54) is 37.8 Å². The van der Waals surface area contributed by atoms with Gasteiger partial charge in [-0.25, -0.2) is 0 Å². The largest absolute Gasteiger partial charge is 0.495 e. The molecule has 0 radical (unpaired) electrons. The van der Waals surface area contributed by atoms with Crippen molar-refractivity contribution in [3.8, 4) is 11.8 Å². The number of hydrogen-bond acceptors (Lipinski definition) is 3. The first-order valence-electron chi connectivity index (χ1n) is 7.09. The first-order valence-corrected chi connectivity index (χ1v) is 7.09. The summed E-state index contributed by atoms with van der Waals surface area (Å²) in [5.74, 6) is 0.685. The van der Waals surface area contributed by atoms with Crippen LogP contribution in [0.3, 0.4) is 0 Å². The number of benzene rings is 1. The molecule has 0 aliphatic carbocycles. The Balaban J connectivity index is 2.12. The molecule has 0 amide bonds. The van der Waals surface area contributed by atoms with Gasteiger partial charge in [-0.1, -0.05) is 19.4 Å². The van der Waals surface area contributed by atoms with Crippen molar-refractivity contribution in [1.29, 1.82) is 5.26 Å². The van der Waals surface area contributed by atoms with Gasteiger partial charge in [0.25, 0.3) is 0 Å². The molecule has 0 bridgehead atoms. The molecule has 1 aromatic carbocycles. The van der Waals surface area contributed by atoms with E-state index in [0.717, 1.165) is 6.54 Å². The molecule has 102 valence electrons. The Labute approximate surface area is 115 Å². The van der Waals surface area contributed by atoms with E-state index >= 15 is 0 Å². The molecular weight excluding hydrogens is 236 g/mol. The van der Waals surface area contributed by atoms with E-state index < -0.39 is 0 Å². The van der Waals surface area contributed by atoms with Crippen molar-refractivity contribution >= 4 is 0 Å². The fourth-order valence-electron chi connectivity index (χ4n) is 2.89. The minimum Gasteiger partial charge on any atom is -0.495 e. The molecule has 0 spiro atoms. The zero-order valence-electron chi connectivity index (χ0n) is 11.9. The molecule has 0 aromatic heterocycles. The fourth-order valence-corrected chi connectivity index (χ4v) is 2.89. The van der Waals surface area contributed by atoms with Crippen molar-refractivity contribution in [2.24, 2.45) is 0 Å². The summed E-state index contributed by atoms with van der Waals surface area (Å²) in [6, 6.07) is 8.77. The molecule has 1 atom stereocenters. The average molecular weight is 258 g/mol. The number of likely N-dealkylation sites (tertiary alicyclic amines) is 1. The van der Waals surface area contributed by atoms with Crippen molar-refractivity contribution in [2.75, 3.05) is 13.7 Å². The summed E-state index contributed by atoms with van der Waals surface area (Å²) in [4.78, 5) is 2.56. The highest BCUT2D eigenvalue weighted by molar-refractivity contribution is 5.45. The van der Waals surface area contributed by atoms with E-state index in [4.69, 9.17) is 10.00 Å². The summed E-state index contributed by atoms with van der Waals surface area (Å²) in [5, 5.41) is 9.00. The van der Waals surface area contributed by atoms with Crippen LogP contribution in [0.2, 0.25) is 0 Å². The van der Waals surface area contributed by atoms with Gasteiger partial charge in [0.05, 0.1) is 12.7 Å². The standard InChI is InChI=1S/C16H22N2O/c1-3-15-6-4-5-9-18(15)12-13-7-8-14(11-17)16(10-13)19-2/h7-8,10,15H,3-6,9,12H2,1-2H3. The smallest absolute Gasteiger partial charge is 0.136 e. The second kappa shape index (κ2) is 6.58. The van der Waals surface area contributed by atoms with E-state index in [2.05, 4.69) is 17.9 Å². The summed E-state index contributed by atoms with van der Waals surface area (Å²) in [5.41, 5.74) is 1.84. The topological polar surface area (TPSA) is 36.3 Å². The molecule has 2 rings (SSSR count). The summed E-state index contributed by atoms with van der Waals surface area (Å²) in [6.07, 6.45) is 5.17. The van der Waals surface area contributed by atoms with Gasteiger partial charge in [0, 0.05) is 12.6 Å².